The van der Waals surface area contributed by atoms with Gasteiger partial charge in [-0.3, -0.25) is 24.1 Å². The summed E-state index contributed by atoms with van der Waals surface area (Å²) in [6, 6.07) is 6.59. The molecule has 1 aromatic rings. The molecule has 7 heteroatoms. The van der Waals surface area contributed by atoms with Gasteiger partial charge in [0.05, 0.1) is 30.9 Å². The fraction of sp³-hybridized carbons (Fsp3) is 0.412. The molecule has 1 aliphatic rings. The molecule has 1 heterocycles. The molecule has 0 saturated heterocycles. The molecule has 0 aliphatic carbocycles. The third-order valence-electron chi connectivity index (χ3n) is 3.41. The van der Waals surface area contributed by atoms with Crippen molar-refractivity contribution in [2.45, 2.75) is 19.8 Å². The maximum Gasteiger partial charge on any atom is 0.313 e. The zero-order valence-corrected chi connectivity index (χ0v) is 13.4. The van der Waals surface area contributed by atoms with E-state index < -0.39 is 11.8 Å². The van der Waals surface area contributed by atoms with Gasteiger partial charge in [0.15, 0.2) is 5.78 Å². The maximum atomic E-state index is 12.1. The number of carbonyl (C=O) groups excluding carboxylic acids is 4. The fourth-order valence-corrected chi connectivity index (χ4v) is 2.26. The predicted molar refractivity (Wildman–Crippen MR) is 83.5 cm³/mol. The monoisotopic (exact) mass is 333 g/mol. The highest BCUT2D eigenvalue weighted by molar-refractivity contribution is 6.21. The highest BCUT2D eigenvalue weighted by Gasteiger charge is 2.34. The van der Waals surface area contributed by atoms with E-state index in [0.29, 0.717) is 17.5 Å². The first-order chi connectivity index (χ1) is 11.5. The van der Waals surface area contributed by atoms with Crippen LogP contribution in [-0.4, -0.2) is 54.8 Å². The lowest BCUT2D eigenvalue weighted by Gasteiger charge is -2.13. The summed E-state index contributed by atoms with van der Waals surface area (Å²) in [5.74, 6) is -1.72. The third-order valence-corrected chi connectivity index (χ3v) is 3.41. The average Bonchev–Trinajstić information content (AvgIpc) is 2.81. The van der Waals surface area contributed by atoms with Crippen molar-refractivity contribution in [3.8, 4) is 0 Å². The Morgan fingerprint density at radius 3 is 2.25 bits per heavy atom. The zero-order chi connectivity index (χ0) is 17.5. The van der Waals surface area contributed by atoms with Crippen molar-refractivity contribution < 1.29 is 28.7 Å². The van der Waals surface area contributed by atoms with Gasteiger partial charge in [-0.2, -0.15) is 0 Å². The van der Waals surface area contributed by atoms with Crippen LogP contribution >= 0.6 is 0 Å². The number of carbonyl (C=O) groups is 4. The molecule has 0 bridgehead atoms. The first-order valence-electron chi connectivity index (χ1n) is 7.75. The molecule has 2 amide bonds. The molecular formula is C17H19NO6. The first-order valence-corrected chi connectivity index (χ1v) is 7.75. The molecular weight excluding hydrogens is 314 g/mol. The van der Waals surface area contributed by atoms with Crippen molar-refractivity contribution >= 4 is 23.6 Å². The average molecular weight is 333 g/mol. The summed E-state index contributed by atoms with van der Waals surface area (Å²) >= 11 is 0. The van der Waals surface area contributed by atoms with Gasteiger partial charge in [0.2, 0.25) is 0 Å². The SMILES string of the molecule is CCCOC(=O)CC(=O)COCCN1C(=O)c2ccccc2C1=O. The van der Waals surface area contributed by atoms with Crippen LogP contribution < -0.4 is 0 Å². The minimum atomic E-state index is -0.578. The molecule has 0 fully saturated rings. The summed E-state index contributed by atoms with van der Waals surface area (Å²) in [6.07, 6.45) is 0.351. The van der Waals surface area contributed by atoms with Gasteiger partial charge < -0.3 is 9.47 Å². The van der Waals surface area contributed by atoms with E-state index >= 15 is 0 Å². The maximum absolute atomic E-state index is 12.1. The number of rotatable bonds is 9. The quantitative estimate of drug-likeness (QED) is 0.292. The van der Waals surface area contributed by atoms with Gasteiger partial charge >= 0.3 is 5.97 Å². The lowest BCUT2D eigenvalue weighted by atomic mass is 10.1. The van der Waals surface area contributed by atoms with Crippen molar-refractivity contribution in [1.29, 1.82) is 0 Å². The van der Waals surface area contributed by atoms with Crippen molar-refractivity contribution in [3.05, 3.63) is 35.4 Å². The lowest BCUT2D eigenvalue weighted by Crippen LogP contribution is -2.33. The van der Waals surface area contributed by atoms with Crippen molar-refractivity contribution in [3.63, 3.8) is 0 Å². The first kappa shape index (κ1) is 17.8. The minimum Gasteiger partial charge on any atom is -0.465 e. The van der Waals surface area contributed by atoms with Crippen molar-refractivity contribution in [2.75, 3.05) is 26.4 Å². The molecule has 128 valence electrons. The predicted octanol–water partition coefficient (Wildman–Crippen LogP) is 1.21. The Balaban J connectivity index is 1.72. The standard InChI is InChI=1S/C17H19NO6/c1-2-8-24-15(20)10-12(19)11-23-9-7-18-16(21)13-5-3-4-6-14(13)17(18)22/h3-6H,2,7-11H2,1H3. The topological polar surface area (TPSA) is 90.0 Å². The molecule has 0 radical (unpaired) electrons. The summed E-state index contributed by atoms with van der Waals surface area (Å²) in [5, 5.41) is 0. The molecule has 1 aliphatic heterocycles. The van der Waals surface area contributed by atoms with E-state index in [1.165, 1.54) is 0 Å². The van der Waals surface area contributed by atoms with E-state index in [4.69, 9.17) is 9.47 Å². The number of hydrogen-bond donors (Lipinski definition) is 0. The van der Waals surface area contributed by atoms with Crippen LogP contribution in [0.5, 0.6) is 0 Å². The van der Waals surface area contributed by atoms with Gasteiger partial charge in [-0.25, -0.2) is 0 Å². The Morgan fingerprint density at radius 2 is 1.67 bits per heavy atom. The number of Topliss-reactive ketones (excluding diaryl/α,β-unsaturated/α-hetero) is 1. The number of benzene rings is 1. The zero-order valence-electron chi connectivity index (χ0n) is 13.4. The molecule has 0 N–H and O–H groups in total. The molecule has 24 heavy (non-hydrogen) atoms. The number of fused-ring (bicyclic) bond motifs is 1. The van der Waals surface area contributed by atoms with E-state index in [2.05, 4.69) is 0 Å². The summed E-state index contributed by atoms with van der Waals surface area (Å²) < 4.78 is 9.96. The Bertz CT molecular complexity index is 619. The molecule has 7 nitrogen and oxygen atoms in total. The third kappa shape index (κ3) is 4.26. The van der Waals surface area contributed by atoms with Crippen LogP contribution in [0.1, 0.15) is 40.5 Å². The molecule has 2 rings (SSSR count). The van der Waals surface area contributed by atoms with Crippen molar-refractivity contribution in [1.82, 2.24) is 4.90 Å². The summed E-state index contributed by atoms with van der Waals surface area (Å²) in [4.78, 5) is 48.1. The van der Waals surface area contributed by atoms with Crippen LogP contribution in [0.15, 0.2) is 24.3 Å². The number of amides is 2. The van der Waals surface area contributed by atoms with Gasteiger partial charge in [0.25, 0.3) is 11.8 Å². The second-order valence-corrected chi connectivity index (χ2v) is 5.30. The molecule has 1 aromatic carbocycles. The molecule has 0 unspecified atom stereocenters. The minimum absolute atomic E-state index is 0.0290. The smallest absolute Gasteiger partial charge is 0.313 e. The lowest BCUT2D eigenvalue weighted by molar-refractivity contribution is -0.146. The number of hydrogen-bond acceptors (Lipinski definition) is 6. The van der Waals surface area contributed by atoms with Crippen LogP contribution in [0.4, 0.5) is 0 Å². The van der Waals surface area contributed by atoms with Crippen LogP contribution in [-0.2, 0) is 19.1 Å². The van der Waals surface area contributed by atoms with Gasteiger partial charge in [0.1, 0.15) is 13.0 Å². The van der Waals surface area contributed by atoms with E-state index in [-0.39, 0.29) is 44.6 Å². The van der Waals surface area contributed by atoms with Gasteiger partial charge in [-0.1, -0.05) is 19.1 Å². The number of ketones is 1. The normalized spacial score (nSPS) is 13.1. The molecule has 0 saturated carbocycles. The van der Waals surface area contributed by atoms with Crippen LogP contribution in [0.25, 0.3) is 0 Å². The number of esters is 1. The van der Waals surface area contributed by atoms with Crippen molar-refractivity contribution in [2.24, 2.45) is 0 Å². The number of imide groups is 1. The summed E-state index contributed by atoms with van der Waals surface area (Å²) in [6.45, 7) is 1.97. The van der Waals surface area contributed by atoms with Gasteiger partial charge in [-0.05, 0) is 18.6 Å². The molecule has 0 aromatic heterocycles. The Morgan fingerprint density at radius 1 is 1.04 bits per heavy atom. The van der Waals surface area contributed by atoms with Crippen LogP contribution in [0, 0.1) is 0 Å². The highest BCUT2D eigenvalue weighted by atomic mass is 16.5. The second-order valence-electron chi connectivity index (χ2n) is 5.30. The van der Waals surface area contributed by atoms with E-state index in [9.17, 15) is 19.2 Å². The van der Waals surface area contributed by atoms with Gasteiger partial charge in [0, 0.05) is 0 Å². The second kappa shape index (κ2) is 8.35. The van der Waals surface area contributed by atoms with Crippen LogP contribution in [0.3, 0.4) is 0 Å². The fourth-order valence-electron chi connectivity index (χ4n) is 2.26. The van der Waals surface area contributed by atoms with Gasteiger partial charge in [-0.15, -0.1) is 0 Å². The Labute approximate surface area is 139 Å². The molecule has 0 spiro atoms. The summed E-state index contributed by atoms with van der Waals surface area (Å²) in [5.41, 5.74) is 0.745. The Kier molecular flexibility index (Phi) is 6.20. The number of ether oxygens (including phenoxy) is 2. The Hall–Kier alpha value is -2.54. The van der Waals surface area contributed by atoms with E-state index in [1.807, 2.05) is 6.92 Å². The molecule has 0 atom stereocenters. The highest BCUT2D eigenvalue weighted by Crippen LogP contribution is 2.21. The van der Waals surface area contributed by atoms with Crippen LogP contribution in [0.2, 0.25) is 0 Å². The largest absolute Gasteiger partial charge is 0.465 e. The summed E-state index contributed by atoms with van der Waals surface area (Å²) in [7, 11) is 0. The number of nitrogens with zero attached hydrogens (tertiary/aromatic N) is 1. The van der Waals surface area contributed by atoms with E-state index in [0.717, 1.165) is 4.90 Å². The van der Waals surface area contributed by atoms with E-state index in [1.54, 1.807) is 24.3 Å².